The Morgan fingerprint density at radius 3 is 2.48 bits per heavy atom. The summed E-state index contributed by atoms with van der Waals surface area (Å²) in [5, 5.41) is 0. The maximum absolute atomic E-state index is 12.4. The fraction of sp³-hybridized carbons (Fsp3) is 0.632. The number of rotatable bonds is 4. The summed E-state index contributed by atoms with van der Waals surface area (Å²) in [5.74, 6) is 1.26. The number of pyridine rings is 1. The van der Waals surface area contributed by atoms with Gasteiger partial charge in [-0.2, -0.15) is 0 Å². The lowest BCUT2D eigenvalue weighted by Gasteiger charge is -2.35. The lowest BCUT2D eigenvalue weighted by molar-refractivity contribution is 0.0915. The summed E-state index contributed by atoms with van der Waals surface area (Å²) < 4.78 is 0. The van der Waals surface area contributed by atoms with E-state index in [1.54, 1.807) is 6.20 Å². The maximum atomic E-state index is 12.4. The number of carbonyl (C=O) groups excluding carboxylic acids is 1. The van der Waals surface area contributed by atoms with Gasteiger partial charge in [-0.05, 0) is 70.2 Å². The van der Waals surface area contributed by atoms with Crippen LogP contribution in [0.25, 0.3) is 0 Å². The number of hydrogen-bond donors (Lipinski definition) is 0. The number of fused-ring (bicyclic) bond motifs is 2. The summed E-state index contributed by atoms with van der Waals surface area (Å²) >= 11 is 0. The summed E-state index contributed by atoms with van der Waals surface area (Å²) in [6.07, 6.45) is 12.9. The van der Waals surface area contributed by atoms with Gasteiger partial charge in [-0.3, -0.25) is 9.69 Å². The van der Waals surface area contributed by atoms with Gasteiger partial charge in [-0.1, -0.05) is 6.42 Å². The second-order valence-electron chi connectivity index (χ2n) is 7.22. The van der Waals surface area contributed by atoms with Crippen molar-refractivity contribution in [2.24, 2.45) is 0 Å². The van der Waals surface area contributed by atoms with Crippen molar-refractivity contribution >= 4 is 11.6 Å². The number of piperidine rings is 2. The Morgan fingerprint density at radius 2 is 1.83 bits per heavy atom. The monoisotopic (exact) mass is 312 g/mol. The Bertz CT molecular complexity index is 534. The quantitative estimate of drug-likeness (QED) is 0.801. The molecule has 2 unspecified atom stereocenters. The topological polar surface area (TPSA) is 36.4 Å². The van der Waals surface area contributed by atoms with Crippen LogP contribution in [-0.2, 0) is 0 Å². The van der Waals surface area contributed by atoms with Gasteiger partial charge in [0.1, 0.15) is 5.82 Å². The molecular formula is C19H26N3O. The van der Waals surface area contributed by atoms with E-state index in [2.05, 4.69) is 27.3 Å². The predicted octanol–water partition coefficient (Wildman–Crippen LogP) is 3.09. The molecule has 123 valence electrons. The molecule has 3 aliphatic heterocycles. The predicted molar refractivity (Wildman–Crippen MR) is 91.7 cm³/mol. The minimum Gasteiger partial charge on any atom is -0.351 e. The molecule has 3 saturated heterocycles. The molecule has 1 aromatic heterocycles. The van der Waals surface area contributed by atoms with Crippen LogP contribution in [0.3, 0.4) is 0 Å². The first-order valence-corrected chi connectivity index (χ1v) is 9.13. The first-order chi connectivity index (χ1) is 11.3. The Kier molecular flexibility index (Phi) is 4.34. The normalized spacial score (nSPS) is 28.1. The van der Waals surface area contributed by atoms with E-state index >= 15 is 0 Å². The number of hydrogen-bond acceptors (Lipinski definition) is 4. The largest absolute Gasteiger partial charge is 0.351 e. The zero-order chi connectivity index (χ0) is 15.6. The highest BCUT2D eigenvalue weighted by atomic mass is 16.1. The first kappa shape index (κ1) is 15.1. The van der Waals surface area contributed by atoms with Crippen LogP contribution in [0, 0.1) is 6.42 Å². The van der Waals surface area contributed by atoms with Crippen LogP contribution in [0.4, 0.5) is 5.82 Å². The Morgan fingerprint density at radius 1 is 1.09 bits per heavy atom. The van der Waals surface area contributed by atoms with E-state index in [0.717, 1.165) is 24.5 Å². The van der Waals surface area contributed by atoms with Gasteiger partial charge in [0.25, 0.3) is 0 Å². The summed E-state index contributed by atoms with van der Waals surface area (Å²) in [4.78, 5) is 21.8. The van der Waals surface area contributed by atoms with E-state index in [4.69, 9.17) is 0 Å². The average Bonchev–Trinajstić information content (AvgIpc) is 2.84. The van der Waals surface area contributed by atoms with Crippen molar-refractivity contribution < 1.29 is 4.79 Å². The van der Waals surface area contributed by atoms with Crippen LogP contribution in [0.1, 0.15) is 55.3 Å². The molecule has 23 heavy (non-hydrogen) atoms. The molecule has 4 nitrogen and oxygen atoms in total. The van der Waals surface area contributed by atoms with Crippen molar-refractivity contribution in [1.29, 1.82) is 0 Å². The molecule has 0 aromatic carbocycles. The summed E-state index contributed by atoms with van der Waals surface area (Å²) in [6.45, 7) is 2.67. The van der Waals surface area contributed by atoms with Gasteiger partial charge in [-0.25, -0.2) is 4.98 Å². The van der Waals surface area contributed by atoms with Gasteiger partial charge in [0.05, 0.1) is 6.54 Å². The molecule has 4 rings (SSSR count). The Balaban J connectivity index is 1.42. The van der Waals surface area contributed by atoms with Crippen LogP contribution in [-0.4, -0.2) is 47.4 Å². The first-order valence-electron chi connectivity index (χ1n) is 9.13. The van der Waals surface area contributed by atoms with Crippen LogP contribution < -0.4 is 4.90 Å². The third-order valence-corrected chi connectivity index (χ3v) is 5.65. The second kappa shape index (κ2) is 6.60. The number of carbonyl (C=O) groups is 1. The van der Waals surface area contributed by atoms with Crippen molar-refractivity contribution in [3.8, 4) is 0 Å². The smallest absolute Gasteiger partial charge is 0.178 e. The number of aromatic nitrogens is 1. The fourth-order valence-electron chi connectivity index (χ4n) is 4.39. The van der Waals surface area contributed by atoms with Crippen LogP contribution in [0.15, 0.2) is 18.3 Å². The lowest BCUT2D eigenvalue weighted by atomic mass is 10.0. The molecule has 1 radical (unpaired) electrons. The second-order valence-corrected chi connectivity index (χ2v) is 7.22. The van der Waals surface area contributed by atoms with Gasteiger partial charge in [0.2, 0.25) is 0 Å². The van der Waals surface area contributed by atoms with E-state index < -0.39 is 0 Å². The van der Waals surface area contributed by atoms with E-state index in [1.165, 1.54) is 44.9 Å². The SMILES string of the molecule is O=C(CN1CCCCC1)c1ccc(N2C3C[CH]CC2CC3)nc1. The highest BCUT2D eigenvalue weighted by Gasteiger charge is 2.37. The molecule has 1 aromatic rings. The van der Waals surface area contributed by atoms with E-state index in [0.29, 0.717) is 18.6 Å². The molecule has 0 N–H and O–H groups in total. The Labute approximate surface area is 138 Å². The van der Waals surface area contributed by atoms with E-state index in [-0.39, 0.29) is 5.78 Å². The molecular weight excluding hydrogens is 286 g/mol. The average molecular weight is 312 g/mol. The number of likely N-dealkylation sites (tertiary alicyclic amines) is 1. The van der Waals surface area contributed by atoms with Crippen LogP contribution in [0.2, 0.25) is 0 Å². The van der Waals surface area contributed by atoms with E-state index in [1.807, 2.05) is 6.07 Å². The molecule has 0 aliphatic carbocycles. The zero-order valence-corrected chi connectivity index (χ0v) is 13.8. The van der Waals surface area contributed by atoms with Crippen molar-refractivity contribution in [2.45, 2.75) is 57.0 Å². The maximum Gasteiger partial charge on any atom is 0.178 e. The molecule has 2 atom stereocenters. The minimum absolute atomic E-state index is 0.209. The third kappa shape index (κ3) is 3.14. The highest BCUT2D eigenvalue weighted by molar-refractivity contribution is 5.97. The van der Waals surface area contributed by atoms with Crippen molar-refractivity contribution in [3.05, 3.63) is 30.3 Å². The number of nitrogens with zero attached hydrogens (tertiary/aromatic N) is 3. The summed E-state index contributed by atoms with van der Waals surface area (Å²) in [5.41, 5.74) is 0.759. The van der Waals surface area contributed by atoms with Gasteiger partial charge in [0.15, 0.2) is 5.78 Å². The summed E-state index contributed by atoms with van der Waals surface area (Å²) in [6, 6.07) is 5.28. The van der Waals surface area contributed by atoms with Gasteiger partial charge >= 0.3 is 0 Å². The van der Waals surface area contributed by atoms with Crippen molar-refractivity contribution in [2.75, 3.05) is 24.5 Å². The number of ketones is 1. The Hall–Kier alpha value is -1.42. The standard InChI is InChI=1S/C19H26N3O/c23-18(14-21-11-2-1-3-12-21)15-7-10-19(20-13-15)22-16-5-4-6-17(22)9-8-16/h4,7,10,13,16-17H,1-3,5-6,8-9,11-12,14H2. The molecule has 3 aliphatic rings. The molecule has 3 fully saturated rings. The van der Waals surface area contributed by atoms with Gasteiger partial charge < -0.3 is 4.90 Å². The zero-order valence-electron chi connectivity index (χ0n) is 13.8. The molecule has 4 heteroatoms. The molecule has 0 saturated carbocycles. The number of anilines is 1. The van der Waals surface area contributed by atoms with Gasteiger partial charge in [-0.15, -0.1) is 0 Å². The molecule has 0 spiro atoms. The fourth-order valence-corrected chi connectivity index (χ4v) is 4.39. The van der Waals surface area contributed by atoms with Gasteiger partial charge in [0, 0.05) is 23.8 Å². The van der Waals surface area contributed by atoms with Crippen molar-refractivity contribution in [1.82, 2.24) is 9.88 Å². The third-order valence-electron chi connectivity index (χ3n) is 5.65. The molecule has 0 amide bonds. The number of Topliss-reactive ketones (excluding diaryl/α,β-unsaturated/α-hetero) is 1. The van der Waals surface area contributed by atoms with Crippen molar-refractivity contribution in [3.63, 3.8) is 0 Å². The van der Waals surface area contributed by atoms with Crippen LogP contribution >= 0.6 is 0 Å². The minimum atomic E-state index is 0.209. The lowest BCUT2D eigenvalue weighted by Crippen LogP contribution is -2.40. The highest BCUT2D eigenvalue weighted by Crippen LogP contribution is 2.37. The van der Waals surface area contributed by atoms with Crippen LogP contribution in [0.5, 0.6) is 0 Å². The molecule has 2 bridgehead atoms. The molecule has 4 heterocycles. The summed E-state index contributed by atoms with van der Waals surface area (Å²) in [7, 11) is 0. The van der Waals surface area contributed by atoms with E-state index in [9.17, 15) is 4.79 Å².